The van der Waals surface area contributed by atoms with Crippen molar-refractivity contribution in [2.45, 2.75) is 25.3 Å². The average Bonchev–Trinajstić information content (AvgIpc) is 3.11. The minimum absolute atomic E-state index is 0.0324. The van der Waals surface area contributed by atoms with E-state index in [9.17, 15) is 14.4 Å². The fourth-order valence-electron chi connectivity index (χ4n) is 1.72. The van der Waals surface area contributed by atoms with Crippen molar-refractivity contribution in [1.29, 1.82) is 5.26 Å². The summed E-state index contributed by atoms with van der Waals surface area (Å²) in [5, 5.41) is 17.3. The van der Waals surface area contributed by atoms with Gasteiger partial charge in [0, 0.05) is 12.6 Å². The second-order valence-corrected chi connectivity index (χ2v) is 4.33. The van der Waals surface area contributed by atoms with Gasteiger partial charge in [-0.2, -0.15) is 5.26 Å². The van der Waals surface area contributed by atoms with Crippen LogP contribution in [0.4, 0.5) is 4.79 Å². The topological polar surface area (TPSA) is 128 Å². The molecule has 1 aliphatic carbocycles. The molecule has 0 radical (unpaired) electrons. The number of nitrogens with zero attached hydrogens (tertiary/aromatic N) is 3. The van der Waals surface area contributed by atoms with Crippen molar-refractivity contribution < 1.29 is 19.5 Å². The predicted octanol–water partition coefficient (Wildman–Crippen LogP) is -0.644. The Morgan fingerprint density at radius 1 is 1.32 bits per heavy atom. The number of urea groups is 1. The van der Waals surface area contributed by atoms with Crippen LogP contribution >= 0.6 is 0 Å². The van der Waals surface area contributed by atoms with Crippen molar-refractivity contribution in [3.8, 4) is 6.07 Å². The third kappa shape index (κ3) is 4.83. The molecular weight excluding hydrogens is 252 g/mol. The minimum atomic E-state index is -1.22. The summed E-state index contributed by atoms with van der Waals surface area (Å²) in [7, 11) is 0. The van der Waals surface area contributed by atoms with Crippen molar-refractivity contribution in [3.05, 3.63) is 0 Å². The Morgan fingerprint density at radius 3 is 2.37 bits per heavy atom. The van der Waals surface area contributed by atoms with Gasteiger partial charge in [-0.25, -0.2) is 4.79 Å². The van der Waals surface area contributed by atoms with Gasteiger partial charge in [0.05, 0.1) is 12.5 Å². The van der Waals surface area contributed by atoms with Crippen LogP contribution in [-0.4, -0.2) is 58.5 Å². The highest BCUT2D eigenvalue weighted by Gasteiger charge is 2.35. The first kappa shape index (κ1) is 14.8. The molecule has 3 N–H and O–H groups in total. The summed E-state index contributed by atoms with van der Waals surface area (Å²) >= 11 is 0. The summed E-state index contributed by atoms with van der Waals surface area (Å²) in [4.78, 5) is 36.1. The zero-order valence-corrected chi connectivity index (χ0v) is 10.4. The van der Waals surface area contributed by atoms with E-state index in [2.05, 4.69) is 0 Å². The van der Waals surface area contributed by atoms with E-state index in [0.29, 0.717) is 0 Å². The molecule has 0 atom stereocenters. The monoisotopic (exact) mass is 268 g/mol. The van der Waals surface area contributed by atoms with E-state index in [1.807, 2.05) is 6.07 Å². The number of primary amides is 1. The van der Waals surface area contributed by atoms with E-state index >= 15 is 0 Å². The number of hydrogen-bond acceptors (Lipinski definition) is 4. The van der Waals surface area contributed by atoms with Crippen molar-refractivity contribution in [1.82, 2.24) is 9.80 Å². The molecular formula is C11H16N4O4. The van der Waals surface area contributed by atoms with E-state index in [1.165, 1.54) is 4.90 Å². The van der Waals surface area contributed by atoms with E-state index in [1.54, 1.807) is 0 Å². The van der Waals surface area contributed by atoms with Gasteiger partial charge in [0.1, 0.15) is 13.1 Å². The molecule has 1 aliphatic rings. The highest BCUT2D eigenvalue weighted by Crippen LogP contribution is 2.27. The summed E-state index contributed by atoms with van der Waals surface area (Å²) in [6, 6.07) is 1.41. The number of carboxylic acid groups (broad SMARTS) is 1. The van der Waals surface area contributed by atoms with Gasteiger partial charge in [-0.3, -0.25) is 9.59 Å². The molecule has 1 saturated carbocycles. The van der Waals surface area contributed by atoms with Gasteiger partial charge in [-0.15, -0.1) is 0 Å². The molecule has 1 fully saturated rings. The number of hydrogen-bond donors (Lipinski definition) is 2. The molecule has 0 aromatic carbocycles. The lowest BCUT2D eigenvalue weighted by atomic mass is 10.3. The highest BCUT2D eigenvalue weighted by atomic mass is 16.4. The van der Waals surface area contributed by atoms with Crippen LogP contribution in [0, 0.1) is 11.3 Å². The first-order valence-corrected chi connectivity index (χ1v) is 5.88. The zero-order valence-electron chi connectivity index (χ0n) is 10.4. The Morgan fingerprint density at radius 2 is 1.95 bits per heavy atom. The number of nitriles is 1. The third-order valence-corrected chi connectivity index (χ3v) is 2.64. The van der Waals surface area contributed by atoms with Crippen LogP contribution in [0.25, 0.3) is 0 Å². The molecule has 0 aliphatic heterocycles. The van der Waals surface area contributed by atoms with Crippen LogP contribution in [0.5, 0.6) is 0 Å². The quantitative estimate of drug-likeness (QED) is 0.634. The molecule has 8 heteroatoms. The lowest BCUT2D eigenvalue weighted by Gasteiger charge is -2.28. The van der Waals surface area contributed by atoms with Crippen LogP contribution < -0.4 is 5.73 Å². The van der Waals surface area contributed by atoms with Crippen LogP contribution in [0.15, 0.2) is 0 Å². The number of amides is 3. The molecule has 3 amide bonds. The predicted molar refractivity (Wildman–Crippen MR) is 63.8 cm³/mol. The fraction of sp³-hybridized carbons (Fsp3) is 0.636. The third-order valence-electron chi connectivity index (χ3n) is 2.64. The van der Waals surface area contributed by atoms with Gasteiger partial charge in [0.25, 0.3) is 0 Å². The maximum absolute atomic E-state index is 12.2. The minimum Gasteiger partial charge on any atom is -0.480 e. The summed E-state index contributed by atoms with van der Waals surface area (Å²) in [6.07, 6.45) is 1.82. The molecule has 0 spiro atoms. The first-order valence-electron chi connectivity index (χ1n) is 5.88. The number of rotatable bonds is 7. The molecule has 8 nitrogen and oxygen atoms in total. The molecule has 0 aromatic rings. The molecule has 0 heterocycles. The Balaban J connectivity index is 2.73. The lowest BCUT2D eigenvalue weighted by molar-refractivity contribution is -0.138. The van der Waals surface area contributed by atoms with Gasteiger partial charge in [-0.05, 0) is 12.8 Å². The Labute approximate surface area is 110 Å². The second-order valence-electron chi connectivity index (χ2n) is 4.33. The van der Waals surface area contributed by atoms with Gasteiger partial charge >= 0.3 is 12.0 Å². The van der Waals surface area contributed by atoms with E-state index in [0.717, 1.165) is 17.7 Å². The fourth-order valence-corrected chi connectivity index (χ4v) is 1.72. The van der Waals surface area contributed by atoms with E-state index in [-0.39, 0.29) is 19.0 Å². The number of carbonyl (C=O) groups excluding carboxylic acids is 2. The van der Waals surface area contributed by atoms with E-state index < -0.39 is 31.0 Å². The maximum atomic E-state index is 12.2. The number of nitrogens with two attached hydrogens (primary N) is 1. The van der Waals surface area contributed by atoms with Crippen LogP contribution in [0.3, 0.4) is 0 Å². The summed E-state index contributed by atoms with van der Waals surface area (Å²) in [6.45, 7) is -0.798. The molecule has 0 saturated heterocycles. The van der Waals surface area contributed by atoms with Crippen molar-refractivity contribution in [2.75, 3.05) is 19.6 Å². The van der Waals surface area contributed by atoms with Gasteiger partial charge in [0.2, 0.25) is 5.91 Å². The van der Waals surface area contributed by atoms with Crippen LogP contribution in [0.2, 0.25) is 0 Å². The van der Waals surface area contributed by atoms with Crippen LogP contribution in [-0.2, 0) is 9.59 Å². The maximum Gasteiger partial charge on any atom is 0.323 e. The normalized spacial score (nSPS) is 13.4. The number of carbonyl (C=O) groups is 3. The largest absolute Gasteiger partial charge is 0.480 e. The van der Waals surface area contributed by atoms with Crippen molar-refractivity contribution >= 4 is 17.9 Å². The molecule has 0 bridgehead atoms. The zero-order chi connectivity index (χ0) is 14.4. The lowest BCUT2D eigenvalue weighted by Crippen LogP contribution is -2.49. The second kappa shape index (κ2) is 6.58. The highest BCUT2D eigenvalue weighted by molar-refractivity contribution is 5.86. The Hall–Kier alpha value is -2.30. The molecule has 1 rings (SSSR count). The SMILES string of the molecule is N#CCCN(C(=O)N(CC(N)=O)CC(=O)O)C1CC1. The summed E-state index contributed by atoms with van der Waals surface area (Å²) in [5.41, 5.74) is 5.00. The van der Waals surface area contributed by atoms with Gasteiger partial charge in [-0.1, -0.05) is 0 Å². The van der Waals surface area contributed by atoms with Gasteiger partial charge < -0.3 is 20.6 Å². The number of carboxylic acids is 1. The molecule has 0 aromatic heterocycles. The molecule has 0 unspecified atom stereocenters. The average molecular weight is 268 g/mol. The van der Waals surface area contributed by atoms with Crippen LogP contribution in [0.1, 0.15) is 19.3 Å². The number of aliphatic carboxylic acids is 1. The molecule has 104 valence electrons. The Bertz CT molecular complexity index is 397. The first-order chi connectivity index (χ1) is 8.95. The van der Waals surface area contributed by atoms with E-state index in [4.69, 9.17) is 16.1 Å². The van der Waals surface area contributed by atoms with Crippen molar-refractivity contribution in [3.63, 3.8) is 0 Å². The summed E-state index contributed by atoms with van der Waals surface area (Å²) < 4.78 is 0. The smallest absolute Gasteiger partial charge is 0.323 e. The molecule has 19 heavy (non-hydrogen) atoms. The Kier molecular flexibility index (Phi) is 5.11. The standard InChI is InChI=1S/C11H16N4O4/c12-4-1-5-15(8-2-3-8)11(19)14(6-9(13)16)7-10(17)18/h8H,1-3,5-7H2,(H2,13,16)(H,17,18). The van der Waals surface area contributed by atoms with Gasteiger partial charge in [0.15, 0.2) is 0 Å². The van der Waals surface area contributed by atoms with Crippen molar-refractivity contribution in [2.24, 2.45) is 5.73 Å². The summed E-state index contributed by atoms with van der Waals surface area (Å²) in [5.74, 6) is -1.99.